The molecule has 0 saturated heterocycles. The topological polar surface area (TPSA) is 47.6 Å². The van der Waals surface area contributed by atoms with E-state index in [0.29, 0.717) is 17.9 Å². The number of hydrogen-bond acceptors (Lipinski definition) is 4. The number of benzene rings is 1. The SMILES string of the molecule is COC(=O)C(CC(C)C)NCc1ccccc1OC(F)F. The molecule has 6 heteroatoms. The van der Waals surface area contributed by atoms with Crippen LogP contribution >= 0.6 is 0 Å². The third kappa shape index (κ3) is 6.08. The molecular formula is C15H21F2NO3. The van der Waals surface area contributed by atoms with Gasteiger partial charge in [-0.1, -0.05) is 32.0 Å². The molecule has 0 bridgehead atoms. The summed E-state index contributed by atoms with van der Waals surface area (Å²) in [5.74, 6) is 0.0401. The summed E-state index contributed by atoms with van der Waals surface area (Å²) in [6.45, 7) is 1.35. The number of alkyl halides is 2. The summed E-state index contributed by atoms with van der Waals surface area (Å²) >= 11 is 0. The van der Waals surface area contributed by atoms with Gasteiger partial charge in [-0.25, -0.2) is 0 Å². The maximum atomic E-state index is 12.3. The van der Waals surface area contributed by atoms with Crippen LogP contribution in [0.1, 0.15) is 25.8 Å². The van der Waals surface area contributed by atoms with Gasteiger partial charge >= 0.3 is 12.6 Å². The molecule has 1 aromatic carbocycles. The zero-order chi connectivity index (χ0) is 15.8. The van der Waals surface area contributed by atoms with Gasteiger partial charge in [-0.05, 0) is 18.4 Å². The van der Waals surface area contributed by atoms with Crippen molar-refractivity contribution in [3.05, 3.63) is 29.8 Å². The number of esters is 1. The monoisotopic (exact) mass is 301 g/mol. The van der Waals surface area contributed by atoms with Crippen LogP contribution in [0.3, 0.4) is 0 Å². The van der Waals surface area contributed by atoms with Crippen LogP contribution in [0, 0.1) is 5.92 Å². The minimum Gasteiger partial charge on any atom is -0.468 e. The number of nitrogens with one attached hydrogen (secondary N) is 1. The van der Waals surface area contributed by atoms with Crippen molar-refractivity contribution in [3.63, 3.8) is 0 Å². The fraction of sp³-hybridized carbons (Fsp3) is 0.533. The normalized spacial score (nSPS) is 12.5. The van der Waals surface area contributed by atoms with E-state index in [4.69, 9.17) is 4.74 Å². The third-order valence-corrected chi connectivity index (χ3v) is 2.92. The molecule has 118 valence electrons. The van der Waals surface area contributed by atoms with E-state index in [1.54, 1.807) is 18.2 Å². The maximum absolute atomic E-state index is 12.3. The standard InChI is InChI=1S/C15H21F2NO3/c1-10(2)8-12(14(19)20-3)18-9-11-6-4-5-7-13(11)21-15(16)17/h4-7,10,12,15,18H,8-9H2,1-3H3. The Balaban J connectivity index is 2.73. The third-order valence-electron chi connectivity index (χ3n) is 2.92. The molecule has 1 atom stereocenters. The molecule has 1 rings (SSSR count). The first-order valence-electron chi connectivity index (χ1n) is 6.78. The lowest BCUT2D eigenvalue weighted by Gasteiger charge is -2.19. The van der Waals surface area contributed by atoms with Gasteiger partial charge in [0.25, 0.3) is 0 Å². The molecule has 21 heavy (non-hydrogen) atoms. The highest BCUT2D eigenvalue weighted by Crippen LogP contribution is 2.20. The average molecular weight is 301 g/mol. The lowest BCUT2D eigenvalue weighted by atomic mass is 10.0. The molecule has 0 aliphatic heterocycles. The molecular weight excluding hydrogens is 280 g/mol. The van der Waals surface area contributed by atoms with Crippen molar-refractivity contribution in [1.29, 1.82) is 0 Å². The van der Waals surface area contributed by atoms with Gasteiger partial charge in [0.2, 0.25) is 0 Å². The molecule has 0 aromatic heterocycles. The zero-order valence-electron chi connectivity index (χ0n) is 12.4. The van der Waals surface area contributed by atoms with Gasteiger partial charge in [0.15, 0.2) is 0 Å². The molecule has 1 unspecified atom stereocenters. The summed E-state index contributed by atoms with van der Waals surface area (Å²) in [4.78, 5) is 11.7. The second-order valence-corrected chi connectivity index (χ2v) is 5.07. The average Bonchev–Trinajstić information content (AvgIpc) is 2.43. The minimum atomic E-state index is -2.88. The van der Waals surface area contributed by atoms with E-state index in [9.17, 15) is 13.6 Å². The van der Waals surface area contributed by atoms with Gasteiger partial charge in [-0.2, -0.15) is 8.78 Å². The molecule has 0 radical (unpaired) electrons. The summed E-state index contributed by atoms with van der Waals surface area (Å²) in [6.07, 6.45) is 0.602. The fourth-order valence-electron chi connectivity index (χ4n) is 1.97. The van der Waals surface area contributed by atoms with Gasteiger partial charge in [-0.15, -0.1) is 0 Å². The first-order chi connectivity index (χ1) is 9.93. The lowest BCUT2D eigenvalue weighted by molar-refractivity contribution is -0.143. The van der Waals surface area contributed by atoms with Crippen LogP contribution in [0.25, 0.3) is 0 Å². The van der Waals surface area contributed by atoms with Crippen molar-refractivity contribution < 1.29 is 23.0 Å². The predicted molar refractivity (Wildman–Crippen MR) is 75.2 cm³/mol. The zero-order valence-corrected chi connectivity index (χ0v) is 12.4. The summed E-state index contributed by atoms with van der Waals surface area (Å²) < 4.78 is 33.9. The largest absolute Gasteiger partial charge is 0.468 e. The Morgan fingerprint density at radius 1 is 1.29 bits per heavy atom. The van der Waals surface area contributed by atoms with Gasteiger partial charge in [0.1, 0.15) is 11.8 Å². The van der Waals surface area contributed by atoms with Crippen molar-refractivity contribution in [2.45, 2.75) is 39.5 Å². The highest BCUT2D eigenvalue weighted by molar-refractivity contribution is 5.75. The minimum absolute atomic E-state index is 0.105. The van der Waals surface area contributed by atoms with Crippen LogP contribution < -0.4 is 10.1 Å². The van der Waals surface area contributed by atoms with Crippen molar-refractivity contribution in [2.24, 2.45) is 5.92 Å². The Kier molecular flexibility index (Phi) is 7.08. The van der Waals surface area contributed by atoms with Crippen molar-refractivity contribution in [1.82, 2.24) is 5.32 Å². The van der Waals surface area contributed by atoms with Crippen LogP contribution in [0.5, 0.6) is 5.75 Å². The number of rotatable bonds is 8. The second kappa shape index (κ2) is 8.56. The molecule has 1 aromatic rings. The number of carbonyl (C=O) groups excluding carboxylic acids is 1. The van der Waals surface area contributed by atoms with Gasteiger partial charge < -0.3 is 14.8 Å². The Morgan fingerprint density at radius 2 is 1.95 bits per heavy atom. The molecule has 4 nitrogen and oxygen atoms in total. The van der Waals surface area contributed by atoms with Crippen LogP contribution in [0.4, 0.5) is 8.78 Å². The lowest BCUT2D eigenvalue weighted by Crippen LogP contribution is -2.38. The Labute approximate surface area is 123 Å². The second-order valence-electron chi connectivity index (χ2n) is 5.07. The molecule has 0 aliphatic rings. The quantitative estimate of drug-likeness (QED) is 0.750. The van der Waals surface area contributed by atoms with Crippen molar-refractivity contribution in [3.8, 4) is 5.75 Å². The fourth-order valence-corrected chi connectivity index (χ4v) is 1.97. The summed E-state index contributed by atoms with van der Waals surface area (Å²) in [6, 6.07) is 6.01. The van der Waals surface area contributed by atoms with E-state index >= 15 is 0 Å². The Hall–Kier alpha value is -1.69. The smallest absolute Gasteiger partial charge is 0.387 e. The number of ether oxygens (including phenoxy) is 2. The van der Waals surface area contributed by atoms with E-state index in [0.717, 1.165) is 0 Å². The molecule has 0 saturated carbocycles. The van der Waals surface area contributed by atoms with Crippen LogP contribution in [-0.2, 0) is 16.1 Å². The van der Waals surface area contributed by atoms with E-state index < -0.39 is 12.7 Å². The number of hydrogen-bond donors (Lipinski definition) is 1. The molecule has 0 heterocycles. The number of para-hydroxylation sites is 1. The Bertz CT molecular complexity index is 452. The summed E-state index contributed by atoms with van der Waals surface area (Å²) in [5, 5.41) is 3.03. The molecule has 0 amide bonds. The number of methoxy groups -OCH3 is 1. The summed E-state index contributed by atoms with van der Waals surface area (Å²) in [7, 11) is 1.32. The maximum Gasteiger partial charge on any atom is 0.387 e. The summed E-state index contributed by atoms with van der Waals surface area (Å²) in [5.41, 5.74) is 0.565. The van der Waals surface area contributed by atoms with Crippen LogP contribution in [-0.4, -0.2) is 25.7 Å². The van der Waals surface area contributed by atoms with E-state index in [1.807, 2.05) is 13.8 Å². The highest BCUT2D eigenvalue weighted by Gasteiger charge is 2.20. The molecule has 1 N–H and O–H groups in total. The Morgan fingerprint density at radius 3 is 2.52 bits per heavy atom. The highest BCUT2D eigenvalue weighted by atomic mass is 19.3. The molecule has 0 aliphatic carbocycles. The van der Waals surface area contributed by atoms with Gasteiger partial charge in [0, 0.05) is 12.1 Å². The van der Waals surface area contributed by atoms with E-state index in [2.05, 4.69) is 10.1 Å². The molecule has 0 spiro atoms. The van der Waals surface area contributed by atoms with Crippen LogP contribution in [0.2, 0.25) is 0 Å². The van der Waals surface area contributed by atoms with Crippen molar-refractivity contribution in [2.75, 3.05) is 7.11 Å². The van der Waals surface area contributed by atoms with Gasteiger partial charge in [0.05, 0.1) is 7.11 Å². The molecule has 0 fully saturated rings. The number of carbonyl (C=O) groups is 1. The predicted octanol–water partition coefficient (Wildman–Crippen LogP) is 2.97. The van der Waals surface area contributed by atoms with E-state index in [1.165, 1.54) is 13.2 Å². The first-order valence-corrected chi connectivity index (χ1v) is 6.78. The van der Waals surface area contributed by atoms with E-state index in [-0.39, 0.29) is 18.3 Å². The number of halogens is 2. The van der Waals surface area contributed by atoms with Crippen molar-refractivity contribution >= 4 is 5.97 Å². The van der Waals surface area contributed by atoms with Crippen LogP contribution in [0.15, 0.2) is 24.3 Å². The van der Waals surface area contributed by atoms with Gasteiger partial charge in [-0.3, -0.25) is 4.79 Å². The first kappa shape index (κ1) is 17.4.